The molecule has 1 saturated carbocycles. The Labute approximate surface area is 200 Å². The van der Waals surface area contributed by atoms with Gasteiger partial charge < -0.3 is 10.2 Å². The van der Waals surface area contributed by atoms with Gasteiger partial charge in [-0.15, -0.1) is 0 Å². The molecule has 2 aromatic rings. The van der Waals surface area contributed by atoms with Crippen molar-refractivity contribution < 1.29 is 4.79 Å². The van der Waals surface area contributed by atoms with E-state index >= 15 is 0 Å². The zero-order chi connectivity index (χ0) is 23.0. The Balaban J connectivity index is 1.25. The highest BCUT2D eigenvalue weighted by Crippen LogP contribution is 2.25. The van der Waals surface area contributed by atoms with E-state index < -0.39 is 0 Å². The molecule has 4 heteroatoms. The van der Waals surface area contributed by atoms with Crippen molar-refractivity contribution in [1.29, 1.82) is 0 Å². The first-order valence-corrected chi connectivity index (χ1v) is 13.0. The normalized spacial score (nSPS) is 18.9. The molecule has 1 amide bonds. The average molecular weight is 448 g/mol. The van der Waals surface area contributed by atoms with E-state index in [1.165, 1.54) is 69.3 Å². The third-order valence-electron chi connectivity index (χ3n) is 7.38. The molecule has 0 bridgehead atoms. The first-order valence-electron chi connectivity index (χ1n) is 13.0. The second-order valence-electron chi connectivity index (χ2n) is 10.4. The molecule has 1 N–H and O–H groups in total. The minimum absolute atomic E-state index is 0.0491. The lowest BCUT2D eigenvalue weighted by Crippen LogP contribution is -2.34. The summed E-state index contributed by atoms with van der Waals surface area (Å²) in [7, 11) is 0. The fraction of sp³-hybridized carbons (Fsp3) is 0.552. The van der Waals surface area contributed by atoms with Gasteiger partial charge in [0.05, 0.1) is 0 Å². The quantitative estimate of drug-likeness (QED) is 0.553. The summed E-state index contributed by atoms with van der Waals surface area (Å²) in [4.78, 5) is 17.9. The van der Waals surface area contributed by atoms with E-state index in [4.69, 9.17) is 0 Å². The number of rotatable bonds is 7. The van der Waals surface area contributed by atoms with E-state index in [1.807, 2.05) is 24.3 Å². The number of carbonyl (C=O) groups is 1. The van der Waals surface area contributed by atoms with Crippen LogP contribution in [-0.2, 0) is 6.54 Å². The molecule has 1 saturated heterocycles. The van der Waals surface area contributed by atoms with Gasteiger partial charge in [0, 0.05) is 37.4 Å². The fourth-order valence-electron chi connectivity index (χ4n) is 5.27. The highest BCUT2D eigenvalue weighted by Gasteiger charge is 2.20. The molecule has 4 nitrogen and oxygen atoms in total. The summed E-state index contributed by atoms with van der Waals surface area (Å²) >= 11 is 0. The SMILES string of the molecule is CC(C)c1ccc(NC(=O)c2ccc(CN3CCCN(CC4CCCCC4)CC3)cc2)cc1. The third-order valence-corrected chi connectivity index (χ3v) is 7.38. The summed E-state index contributed by atoms with van der Waals surface area (Å²) in [5.41, 5.74) is 4.12. The molecule has 0 spiro atoms. The van der Waals surface area contributed by atoms with Crippen LogP contribution in [0, 0.1) is 5.92 Å². The van der Waals surface area contributed by atoms with Crippen LogP contribution in [0.1, 0.15) is 79.8 Å². The maximum Gasteiger partial charge on any atom is 0.255 e. The van der Waals surface area contributed by atoms with Gasteiger partial charge in [0.25, 0.3) is 5.91 Å². The van der Waals surface area contributed by atoms with Gasteiger partial charge in [-0.2, -0.15) is 0 Å². The zero-order valence-electron chi connectivity index (χ0n) is 20.6. The first-order chi connectivity index (χ1) is 16.1. The maximum atomic E-state index is 12.7. The second-order valence-corrected chi connectivity index (χ2v) is 10.4. The third kappa shape index (κ3) is 7.15. The lowest BCUT2D eigenvalue weighted by atomic mass is 9.89. The van der Waals surface area contributed by atoms with Crippen LogP contribution in [0.3, 0.4) is 0 Å². The molecule has 33 heavy (non-hydrogen) atoms. The van der Waals surface area contributed by atoms with E-state index in [9.17, 15) is 4.79 Å². The molecular weight excluding hydrogens is 406 g/mol. The molecule has 1 aliphatic carbocycles. The zero-order valence-corrected chi connectivity index (χ0v) is 20.6. The topological polar surface area (TPSA) is 35.6 Å². The van der Waals surface area contributed by atoms with Crippen LogP contribution < -0.4 is 5.32 Å². The van der Waals surface area contributed by atoms with Crippen molar-refractivity contribution in [3.63, 3.8) is 0 Å². The number of hydrogen-bond acceptors (Lipinski definition) is 3. The number of nitrogens with one attached hydrogen (secondary N) is 1. The van der Waals surface area contributed by atoms with Crippen LogP contribution in [0.2, 0.25) is 0 Å². The standard InChI is InChI=1S/C29H41N3O/c1-23(2)26-13-15-28(16-14-26)30-29(33)27-11-9-25(10-12-27)22-32-18-6-17-31(19-20-32)21-24-7-4-3-5-8-24/h9-16,23-24H,3-8,17-22H2,1-2H3,(H,30,33). The molecule has 1 aliphatic heterocycles. The van der Waals surface area contributed by atoms with Crippen LogP contribution in [-0.4, -0.2) is 48.4 Å². The summed E-state index contributed by atoms with van der Waals surface area (Å²) in [6, 6.07) is 16.3. The summed E-state index contributed by atoms with van der Waals surface area (Å²) < 4.78 is 0. The van der Waals surface area contributed by atoms with Crippen LogP contribution >= 0.6 is 0 Å². The van der Waals surface area contributed by atoms with Gasteiger partial charge in [0.15, 0.2) is 0 Å². The molecule has 0 radical (unpaired) electrons. The number of nitrogens with zero attached hydrogens (tertiary/aromatic N) is 2. The number of amides is 1. The van der Waals surface area contributed by atoms with Crippen molar-refractivity contribution in [2.45, 2.75) is 64.8 Å². The molecule has 0 atom stereocenters. The van der Waals surface area contributed by atoms with Crippen LogP contribution in [0.4, 0.5) is 5.69 Å². The molecule has 2 aliphatic rings. The summed E-state index contributed by atoms with van der Waals surface area (Å²) in [5, 5.41) is 3.02. The minimum atomic E-state index is -0.0491. The molecule has 2 fully saturated rings. The smallest absolute Gasteiger partial charge is 0.255 e. The van der Waals surface area contributed by atoms with E-state index in [0.717, 1.165) is 31.2 Å². The molecule has 178 valence electrons. The van der Waals surface area contributed by atoms with Crippen molar-refractivity contribution in [1.82, 2.24) is 9.80 Å². The molecule has 2 aromatic carbocycles. The van der Waals surface area contributed by atoms with E-state index in [2.05, 4.69) is 53.2 Å². The predicted octanol–water partition coefficient (Wildman–Crippen LogP) is 6.15. The first kappa shape index (κ1) is 24.0. The van der Waals surface area contributed by atoms with Gasteiger partial charge in [-0.3, -0.25) is 9.69 Å². The van der Waals surface area contributed by atoms with Gasteiger partial charge in [0.1, 0.15) is 0 Å². The highest BCUT2D eigenvalue weighted by atomic mass is 16.1. The van der Waals surface area contributed by atoms with Crippen LogP contribution in [0.15, 0.2) is 48.5 Å². The van der Waals surface area contributed by atoms with Gasteiger partial charge >= 0.3 is 0 Å². The Morgan fingerprint density at radius 3 is 2.21 bits per heavy atom. The summed E-state index contributed by atoms with van der Waals surface area (Å²) in [5.74, 6) is 1.37. The van der Waals surface area contributed by atoms with E-state index in [-0.39, 0.29) is 5.91 Å². The fourth-order valence-corrected chi connectivity index (χ4v) is 5.27. The Morgan fingerprint density at radius 2 is 1.52 bits per heavy atom. The Bertz CT molecular complexity index is 869. The molecular formula is C29H41N3O. The Hall–Kier alpha value is -2.17. The average Bonchev–Trinajstić information content (AvgIpc) is 3.05. The van der Waals surface area contributed by atoms with Crippen LogP contribution in [0.5, 0.6) is 0 Å². The van der Waals surface area contributed by atoms with Crippen molar-refractivity contribution in [3.8, 4) is 0 Å². The van der Waals surface area contributed by atoms with E-state index in [1.54, 1.807) is 0 Å². The number of carbonyl (C=O) groups excluding carboxylic acids is 1. The number of hydrogen-bond donors (Lipinski definition) is 1. The molecule has 1 heterocycles. The molecule has 0 unspecified atom stereocenters. The Morgan fingerprint density at radius 1 is 0.848 bits per heavy atom. The molecule has 4 rings (SSSR count). The molecule has 0 aromatic heterocycles. The Kier molecular flexibility index (Phi) is 8.57. The lowest BCUT2D eigenvalue weighted by molar-refractivity contribution is 0.102. The van der Waals surface area contributed by atoms with Gasteiger partial charge in [-0.25, -0.2) is 0 Å². The van der Waals surface area contributed by atoms with Gasteiger partial charge in [-0.1, -0.05) is 57.4 Å². The lowest BCUT2D eigenvalue weighted by Gasteiger charge is -2.29. The summed E-state index contributed by atoms with van der Waals surface area (Å²) in [6.07, 6.45) is 8.43. The summed E-state index contributed by atoms with van der Waals surface area (Å²) in [6.45, 7) is 11.4. The monoisotopic (exact) mass is 447 g/mol. The van der Waals surface area contributed by atoms with Gasteiger partial charge in [0.2, 0.25) is 0 Å². The maximum absolute atomic E-state index is 12.7. The van der Waals surface area contributed by atoms with E-state index in [0.29, 0.717) is 11.5 Å². The van der Waals surface area contributed by atoms with Crippen LogP contribution in [0.25, 0.3) is 0 Å². The largest absolute Gasteiger partial charge is 0.322 e. The second kappa shape index (κ2) is 11.8. The van der Waals surface area contributed by atoms with Crippen molar-refractivity contribution in [2.75, 3.05) is 38.0 Å². The van der Waals surface area contributed by atoms with Crippen molar-refractivity contribution in [3.05, 3.63) is 65.2 Å². The van der Waals surface area contributed by atoms with Gasteiger partial charge in [-0.05, 0) is 79.6 Å². The van der Waals surface area contributed by atoms with Crippen molar-refractivity contribution in [2.24, 2.45) is 5.92 Å². The predicted molar refractivity (Wildman–Crippen MR) is 138 cm³/mol. The minimum Gasteiger partial charge on any atom is -0.322 e. The highest BCUT2D eigenvalue weighted by molar-refractivity contribution is 6.04. The van der Waals surface area contributed by atoms with Crippen molar-refractivity contribution >= 4 is 11.6 Å². The number of anilines is 1. The number of benzene rings is 2.